The Hall–Kier alpha value is -4.36. The van der Waals surface area contributed by atoms with E-state index in [2.05, 4.69) is 101 Å². The third-order valence-corrected chi connectivity index (χ3v) is 13.6. The van der Waals surface area contributed by atoms with Crippen molar-refractivity contribution in [3.05, 3.63) is 137 Å². The van der Waals surface area contributed by atoms with E-state index < -0.39 is 26.5 Å². The molecule has 0 saturated carbocycles. The molecule has 0 N–H and O–H groups in total. The van der Waals surface area contributed by atoms with Crippen molar-refractivity contribution in [2.45, 2.75) is 72.0 Å². The van der Waals surface area contributed by atoms with Gasteiger partial charge in [-0.2, -0.15) is 0 Å². The maximum atomic E-state index is 8.60. The van der Waals surface area contributed by atoms with Crippen LogP contribution >= 0.6 is 0 Å². The van der Waals surface area contributed by atoms with Crippen molar-refractivity contribution in [1.82, 2.24) is 19.5 Å². The number of imidazole rings is 1. The first-order chi connectivity index (χ1) is 27.3. The molecule has 0 spiro atoms. The zero-order valence-corrected chi connectivity index (χ0v) is 36.8. The van der Waals surface area contributed by atoms with Crippen molar-refractivity contribution < 1.29 is 31.4 Å². The molecule has 0 aliphatic rings. The summed E-state index contributed by atoms with van der Waals surface area (Å²) in [5.41, 5.74) is 12.2. The molecule has 4 aromatic carbocycles. The maximum Gasteiger partial charge on any atom is 0 e. The first kappa shape index (κ1) is 33.0. The van der Waals surface area contributed by atoms with Crippen LogP contribution in [0.15, 0.2) is 95.5 Å². The number of aryl methyl sites for hydroxylation is 5. The van der Waals surface area contributed by atoms with Gasteiger partial charge in [-0.3, -0.25) is 4.98 Å². The number of hydrogen-bond donors (Lipinski definition) is 0. The first-order valence-corrected chi connectivity index (χ1v) is 25.4. The van der Waals surface area contributed by atoms with Crippen LogP contribution in [-0.4, -0.2) is 32.8 Å². The normalized spacial score (nSPS) is 13.5. The molecule has 0 amide bonds. The number of pyridine rings is 2. The molecule has 0 fully saturated rings. The van der Waals surface area contributed by atoms with Crippen LogP contribution < -0.4 is 4.40 Å². The van der Waals surface area contributed by atoms with Gasteiger partial charge in [0.2, 0.25) is 5.71 Å². The van der Waals surface area contributed by atoms with E-state index in [1.54, 1.807) is 12.1 Å². The van der Waals surface area contributed by atoms with E-state index in [1.165, 1.54) is 22.8 Å². The van der Waals surface area contributed by atoms with Gasteiger partial charge in [0, 0.05) is 36.9 Å². The van der Waals surface area contributed by atoms with Gasteiger partial charge in [0.25, 0.3) is 0 Å². The second-order valence-corrected chi connectivity index (χ2v) is 25.7. The number of benzene rings is 4. The number of fused-ring (bicyclic) bond motifs is 4. The molecule has 0 saturated heterocycles. The van der Waals surface area contributed by atoms with Crippen LogP contribution in [0.4, 0.5) is 0 Å². The molecule has 0 aliphatic carbocycles. The zero-order valence-electron chi connectivity index (χ0n) is 37.3. The molecule has 0 atom stereocenters. The summed E-state index contributed by atoms with van der Waals surface area (Å²) in [6.07, 6.45) is 0.362. The van der Waals surface area contributed by atoms with E-state index in [0.717, 1.165) is 54.6 Å². The smallest absolute Gasteiger partial charge is 0 e. The molecular formula is C47H48GeIrN4O-2. The predicted molar refractivity (Wildman–Crippen MR) is 224 cm³/mol. The molecule has 5 nitrogen and oxygen atoms in total. The molecule has 0 unspecified atom stereocenters. The van der Waals surface area contributed by atoms with Gasteiger partial charge in [0.1, 0.15) is 0 Å². The van der Waals surface area contributed by atoms with Crippen LogP contribution in [0, 0.1) is 52.6 Å². The minimum atomic E-state index is -2.32. The van der Waals surface area contributed by atoms with E-state index in [9.17, 15) is 0 Å². The van der Waals surface area contributed by atoms with Crippen molar-refractivity contribution in [2.24, 2.45) is 5.92 Å². The third-order valence-electron chi connectivity index (χ3n) is 9.33. The van der Waals surface area contributed by atoms with Crippen molar-refractivity contribution in [3.63, 3.8) is 0 Å². The van der Waals surface area contributed by atoms with Crippen LogP contribution in [-0.2, 0) is 26.5 Å². The number of nitrogens with zero attached hydrogens (tertiary/aromatic N) is 4. The molecule has 277 valence electrons. The second-order valence-electron chi connectivity index (χ2n) is 15.2. The Kier molecular flexibility index (Phi) is 9.65. The van der Waals surface area contributed by atoms with Gasteiger partial charge in [-0.05, 0) is 63.1 Å². The van der Waals surface area contributed by atoms with Crippen LogP contribution in [0.3, 0.4) is 0 Å². The topological polar surface area (TPSA) is 56.7 Å². The summed E-state index contributed by atoms with van der Waals surface area (Å²) < 4.78 is 49.2. The fourth-order valence-corrected chi connectivity index (χ4v) is 9.99. The Labute approximate surface area is 343 Å². The van der Waals surface area contributed by atoms with Gasteiger partial charge in [-0.15, -0.1) is 18.2 Å². The number of hydrogen-bond acceptors (Lipinski definition) is 4. The molecule has 1 radical (unpaired) electrons. The largest absolute Gasteiger partial charge is 0 e. The van der Waals surface area contributed by atoms with Crippen LogP contribution in [0.1, 0.15) is 54.2 Å². The van der Waals surface area contributed by atoms with Crippen molar-refractivity contribution in [3.8, 4) is 28.3 Å². The van der Waals surface area contributed by atoms with E-state index in [0.29, 0.717) is 22.5 Å². The Balaban J connectivity index is 0.000000200. The average molecular weight is 955 g/mol. The summed E-state index contributed by atoms with van der Waals surface area (Å²) in [5, 5.41) is 2.03. The Morgan fingerprint density at radius 3 is 2.31 bits per heavy atom. The number of aromatic nitrogens is 4. The zero-order chi connectivity index (χ0) is 41.9. The molecule has 8 rings (SSSR count). The number of furan rings is 1. The Morgan fingerprint density at radius 1 is 0.870 bits per heavy atom. The van der Waals surface area contributed by atoms with Crippen molar-refractivity contribution in [2.75, 3.05) is 0 Å². The number of para-hydroxylation sites is 2. The first-order valence-electron chi connectivity index (χ1n) is 20.6. The monoisotopic (exact) mass is 956 g/mol. The summed E-state index contributed by atoms with van der Waals surface area (Å²) in [6, 6.07) is 33.7. The molecule has 0 bridgehead atoms. The molecule has 4 aromatic heterocycles. The number of rotatable bonds is 6. The van der Waals surface area contributed by atoms with E-state index in [1.807, 2.05) is 57.3 Å². The second kappa shape index (κ2) is 15.8. The molecule has 4 heterocycles. The van der Waals surface area contributed by atoms with Gasteiger partial charge in [0.15, 0.2) is 0 Å². The van der Waals surface area contributed by atoms with Gasteiger partial charge in [0.05, 0.1) is 22.4 Å². The summed E-state index contributed by atoms with van der Waals surface area (Å²) in [7, 11) is 0. The minimum absolute atomic E-state index is 0. The molecule has 54 heavy (non-hydrogen) atoms. The average Bonchev–Trinajstić information content (AvgIpc) is 3.72. The third kappa shape index (κ3) is 7.89. The summed E-state index contributed by atoms with van der Waals surface area (Å²) >= 11 is -2.32. The Bertz CT molecular complexity index is 2800. The van der Waals surface area contributed by atoms with Gasteiger partial charge < -0.3 is 8.98 Å². The summed E-state index contributed by atoms with van der Waals surface area (Å²) in [4.78, 5) is 14.2. The fourth-order valence-electron chi connectivity index (χ4n) is 7.04. The van der Waals surface area contributed by atoms with Crippen molar-refractivity contribution in [1.29, 1.82) is 0 Å². The molecule has 0 aliphatic heterocycles. The van der Waals surface area contributed by atoms with E-state index in [-0.39, 0.29) is 31.6 Å². The summed E-state index contributed by atoms with van der Waals surface area (Å²) in [6.45, 7) is 10.0. The molecular weight excluding hydrogens is 901 g/mol. The van der Waals surface area contributed by atoms with Gasteiger partial charge in [-0.1, -0.05) is 40.8 Å². The van der Waals surface area contributed by atoms with E-state index >= 15 is 0 Å². The van der Waals surface area contributed by atoms with Gasteiger partial charge in [-0.25, -0.2) is 4.98 Å². The molecule has 7 heteroatoms. The standard InChI is InChI=1S/C28H22N3O.C19H26GeN.Ir/c1-16-14-17(2)25(18(3)15-16)31-24-11-6-5-10-23(24)30-27(31)22-9-7-8-20-21-13-12-19(4)29-28(21)32-26(20)22;1-14(2)11-17-12-19(16-9-7-15(3)8-10-16)21-13-18(17)20(4,5)6;/h5-8,10-15H,1-4H3;7-9,12-14H,11H2,1-6H3;/q2*-1;/i;3D3,11D2;. The quantitative estimate of drug-likeness (QED) is 0.123. The summed E-state index contributed by atoms with van der Waals surface area (Å²) in [5.74, 6) is 7.35. The minimum Gasteiger partial charge on any atom is 0 e. The van der Waals surface area contributed by atoms with Crippen LogP contribution in [0.25, 0.3) is 61.4 Å². The molecule has 8 aromatic rings. The van der Waals surface area contributed by atoms with E-state index in [4.69, 9.17) is 16.3 Å². The fraction of sp³-hybridized carbons (Fsp3) is 0.255. The Morgan fingerprint density at radius 2 is 1.63 bits per heavy atom. The van der Waals surface area contributed by atoms with Crippen LogP contribution in [0.2, 0.25) is 17.3 Å². The van der Waals surface area contributed by atoms with Crippen molar-refractivity contribution >= 4 is 50.8 Å². The van der Waals surface area contributed by atoms with Crippen LogP contribution in [0.5, 0.6) is 0 Å². The van der Waals surface area contributed by atoms with Gasteiger partial charge >= 0.3 is 139 Å². The maximum absolute atomic E-state index is 8.60. The SMILES string of the molecule is Cc1cc(C)c(-n2c(-c3[c-]ccc4c3oc3nc(C)ccc34)nc3ccccc32)c(C)c1.[2H]C([2H])([2H])c1c[c-]c(-c2cc(C([2H])([2H])C(C)C)[c]([Ge]([CH3])([CH3])[CH3])cn2)cc1.[Ir]. The predicted octanol–water partition coefficient (Wildman–Crippen LogP) is 11.6.